The molecule has 0 saturated carbocycles. The molecular formula is C31H30N4O. The quantitative estimate of drug-likeness (QED) is 0.283. The summed E-state index contributed by atoms with van der Waals surface area (Å²) in [7, 11) is 0. The predicted molar refractivity (Wildman–Crippen MR) is 145 cm³/mol. The number of hydrogen-bond acceptors (Lipinski definition) is 3. The molecule has 0 radical (unpaired) electrons. The molecule has 1 N–H and O–H groups in total. The number of aromatic nitrogens is 3. The van der Waals surface area contributed by atoms with Gasteiger partial charge < -0.3 is 9.88 Å². The molecule has 0 aliphatic carbocycles. The van der Waals surface area contributed by atoms with E-state index in [4.69, 9.17) is 0 Å². The minimum atomic E-state index is -0.102. The van der Waals surface area contributed by atoms with E-state index in [1.54, 1.807) is 0 Å². The third-order valence-electron chi connectivity index (χ3n) is 6.56. The molecule has 0 spiro atoms. The van der Waals surface area contributed by atoms with Crippen LogP contribution in [0, 0.1) is 0 Å². The largest absolute Gasteiger partial charge is 0.346 e. The van der Waals surface area contributed by atoms with Crippen LogP contribution in [0.25, 0.3) is 22.3 Å². The Labute approximate surface area is 211 Å². The summed E-state index contributed by atoms with van der Waals surface area (Å²) >= 11 is 0. The number of fused-ring (bicyclic) bond motifs is 1. The van der Waals surface area contributed by atoms with E-state index in [0.29, 0.717) is 18.0 Å². The first-order chi connectivity index (χ1) is 17.5. The normalized spacial score (nSPS) is 12.1. The zero-order valence-electron chi connectivity index (χ0n) is 20.8. The molecule has 0 fully saturated rings. The van der Waals surface area contributed by atoms with Crippen molar-refractivity contribution in [3.63, 3.8) is 0 Å². The van der Waals surface area contributed by atoms with Gasteiger partial charge in [0.2, 0.25) is 0 Å². The van der Waals surface area contributed by atoms with E-state index in [1.807, 2.05) is 61.9 Å². The van der Waals surface area contributed by atoms with E-state index in [2.05, 4.69) is 76.2 Å². The summed E-state index contributed by atoms with van der Waals surface area (Å²) in [5, 5.41) is 3.13. The topological polar surface area (TPSA) is 59.8 Å². The molecule has 2 heterocycles. The van der Waals surface area contributed by atoms with Gasteiger partial charge in [0, 0.05) is 17.3 Å². The summed E-state index contributed by atoms with van der Waals surface area (Å²) < 4.78 is 2.08. The van der Waals surface area contributed by atoms with Gasteiger partial charge >= 0.3 is 0 Å². The molecule has 1 amide bonds. The predicted octanol–water partition coefficient (Wildman–Crippen LogP) is 6.76. The lowest BCUT2D eigenvalue weighted by Crippen LogP contribution is -2.26. The van der Waals surface area contributed by atoms with E-state index in [-0.39, 0.29) is 11.9 Å². The van der Waals surface area contributed by atoms with E-state index in [9.17, 15) is 4.79 Å². The standard InChI is InChI=1S/C31H30N4O/c1-21(2)25-10-7-11-26(16-25)22(3)34-31(36)27-13-15-30-29(17-27)33-20-35(30)19-23-12-14-28(32-18-23)24-8-5-4-6-9-24/h4-18,20-22H,19H2,1-3H3,(H,34,36)/t22-/m0/s1. The second kappa shape index (κ2) is 10.2. The van der Waals surface area contributed by atoms with Crippen LogP contribution in [-0.4, -0.2) is 20.4 Å². The highest BCUT2D eigenvalue weighted by Crippen LogP contribution is 2.22. The molecule has 0 saturated heterocycles. The van der Waals surface area contributed by atoms with E-state index in [1.165, 1.54) is 5.56 Å². The Balaban J connectivity index is 1.29. The highest BCUT2D eigenvalue weighted by molar-refractivity contribution is 5.97. The van der Waals surface area contributed by atoms with Gasteiger partial charge in [-0.25, -0.2) is 4.98 Å². The van der Waals surface area contributed by atoms with Gasteiger partial charge in [-0.3, -0.25) is 9.78 Å². The number of imidazole rings is 1. The number of nitrogens with one attached hydrogen (secondary N) is 1. The lowest BCUT2D eigenvalue weighted by molar-refractivity contribution is 0.0940. The van der Waals surface area contributed by atoms with Crippen LogP contribution < -0.4 is 5.32 Å². The number of carbonyl (C=O) groups is 1. The molecule has 0 unspecified atom stereocenters. The maximum atomic E-state index is 13.0. The summed E-state index contributed by atoms with van der Waals surface area (Å²) in [4.78, 5) is 22.2. The fourth-order valence-corrected chi connectivity index (χ4v) is 4.38. The van der Waals surface area contributed by atoms with Crippen molar-refractivity contribution >= 4 is 16.9 Å². The maximum absolute atomic E-state index is 13.0. The molecule has 5 nitrogen and oxygen atoms in total. The van der Waals surface area contributed by atoms with E-state index >= 15 is 0 Å². The zero-order chi connectivity index (χ0) is 25.1. The van der Waals surface area contributed by atoms with Gasteiger partial charge in [-0.15, -0.1) is 0 Å². The average Bonchev–Trinajstić information content (AvgIpc) is 3.31. The number of nitrogens with zero attached hydrogens (tertiary/aromatic N) is 3. The Morgan fingerprint density at radius 3 is 2.42 bits per heavy atom. The third-order valence-corrected chi connectivity index (χ3v) is 6.56. The monoisotopic (exact) mass is 474 g/mol. The second-order valence-electron chi connectivity index (χ2n) is 9.51. The molecule has 3 aromatic carbocycles. The smallest absolute Gasteiger partial charge is 0.251 e. The van der Waals surface area contributed by atoms with Gasteiger partial charge in [0.25, 0.3) is 5.91 Å². The van der Waals surface area contributed by atoms with E-state index in [0.717, 1.165) is 33.4 Å². The van der Waals surface area contributed by atoms with Crippen molar-refractivity contribution in [2.24, 2.45) is 0 Å². The molecular weight excluding hydrogens is 444 g/mol. The van der Waals surface area contributed by atoms with Crippen molar-refractivity contribution in [2.75, 3.05) is 0 Å². The summed E-state index contributed by atoms with van der Waals surface area (Å²) in [6.07, 6.45) is 3.73. The van der Waals surface area contributed by atoms with Crippen LogP contribution in [0.3, 0.4) is 0 Å². The van der Waals surface area contributed by atoms with Crippen LogP contribution >= 0.6 is 0 Å². The zero-order valence-corrected chi connectivity index (χ0v) is 20.8. The first-order valence-corrected chi connectivity index (χ1v) is 12.3. The minimum absolute atomic E-state index is 0.0872. The molecule has 0 aliphatic heterocycles. The summed E-state index contributed by atoms with van der Waals surface area (Å²) in [5.41, 5.74) is 7.90. The Hall–Kier alpha value is -4.25. The van der Waals surface area contributed by atoms with Crippen molar-refractivity contribution in [1.29, 1.82) is 0 Å². The Morgan fingerprint density at radius 1 is 0.861 bits per heavy atom. The number of hydrogen-bond donors (Lipinski definition) is 1. The van der Waals surface area contributed by atoms with Crippen molar-refractivity contribution in [2.45, 2.75) is 39.3 Å². The first-order valence-electron chi connectivity index (χ1n) is 12.3. The third kappa shape index (κ3) is 5.05. The van der Waals surface area contributed by atoms with E-state index < -0.39 is 0 Å². The molecule has 0 bridgehead atoms. The number of benzene rings is 3. The number of pyridine rings is 1. The van der Waals surface area contributed by atoms with Gasteiger partial charge in [0.15, 0.2) is 0 Å². The summed E-state index contributed by atoms with van der Waals surface area (Å²) in [6, 6.07) is 28.3. The molecule has 5 rings (SSSR count). The molecule has 5 aromatic rings. The van der Waals surface area contributed by atoms with Gasteiger partial charge in [-0.05, 0) is 53.8 Å². The maximum Gasteiger partial charge on any atom is 0.251 e. The Bertz CT molecular complexity index is 1490. The SMILES string of the molecule is CC(C)c1cccc([C@H](C)NC(=O)c2ccc3c(c2)ncn3Cc2ccc(-c3ccccc3)nc2)c1. The average molecular weight is 475 g/mol. The lowest BCUT2D eigenvalue weighted by Gasteiger charge is -2.16. The van der Waals surface area contributed by atoms with Crippen LogP contribution in [0.4, 0.5) is 0 Å². The summed E-state index contributed by atoms with van der Waals surface area (Å²) in [5.74, 6) is 0.345. The van der Waals surface area contributed by atoms with Gasteiger partial charge in [0.1, 0.15) is 0 Å². The molecule has 180 valence electrons. The van der Waals surface area contributed by atoms with Gasteiger partial charge in [-0.2, -0.15) is 0 Å². The molecule has 0 aliphatic rings. The Morgan fingerprint density at radius 2 is 1.67 bits per heavy atom. The van der Waals surface area contributed by atoms with Crippen LogP contribution in [0.5, 0.6) is 0 Å². The van der Waals surface area contributed by atoms with Crippen molar-refractivity contribution in [1.82, 2.24) is 19.9 Å². The lowest BCUT2D eigenvalue weighted by atomic mass is 9.98. The molecule has 2 aromatic heterocycles. The highest BCUT2D eigenvalue weighted by atomic mass is 16.1. The molecule has 5 heteroatoms. The number of amides is 1. The van der Waals surface area contributed by atoms with Crippen molar-refractivity contribution < 1.29 is 4.79 Å². The number of rotatable bonds is 7. The number of carbonyl (C=O) groups excluding carboxylic acids is 1. The fourth-order valence-electron chi connectivity index (χ4n) is 4.38. The summed E-state index contributed by atoms with van der Waals surface area (Å²) in [6.45, 7) is 7.02. The first kappa shape index (κ1) is 23.5. The van der Waals surface area contributed by atoms with Gasteiger partial charge in [0.05, 0.1) is 35.6 Å². The van der Waals surface area contributed by atoms with Gasteiger partial charge in [-0.1, -0.05) is 74.5 Å². The van der Waals surface area contributed by atoms with Crippen LogP contribution in [0.2, 0.25) is 0 Å². The Kier molecular flexibility index (Phi) is 6.63. The second-order valence-corrected chi connectivity index (χ2v) is 9.51. The molecule has 1 atom stereocenters. The van der Waals surface area contributed by atoms with Crippen LogP contribution in [0.1, 0.15) is 59.8 Å². The fraction of sp³-hybridized carbons (Fsp3) is 0.194. The molecule has 36 heavy (non-hydrogen) atoms. The van der Waals surface area contributed by atoms with Crippen LogP contribution in [-0.2, 0) is 6.54 Å². The highest BCUT2D eigenvalue weighted by Gasteiger charge is 2.14. The van der Waals surface area contributed by atoms with Crippen molar-refractivity contribution in [3.8, 4) is 11.3 Å². The van der Waals surface area contributed by atoms with Crippen molar-refractivity contribution in [3.05, 3.63) is 120 Å². The van der Waals surface area contributed by atoms with Crippen LogP contribution in [0.15, 0.2) is 97.5 Å². The minimum Gasteiger partial charge on any atom is -0.346 e.